The van der Waals surface area contributed by atoms with Crippen molar-refractivity contribution >= 4 is 28.8 Å². The first-order chi connectivity index (χ1) is 18.1. The molecule has 7 atom stereocenters. The van der Waals surface area contributed by atoms with Crippen molar-refractivity contribution in [2.24, 2.45) is 23.7 Å². The summed E-state index contributed by atoms with van der Waals surface area (Å²) < 4.78 is 13.7. The van der Waals surface area contributed by atoms with Gasteiger partial charge in [0.2, 0.25) is 11.8 Å². The predicted octanol–water partition coefficient (Wildman–Crippen LogP) is 1.49. The number of rotatable bonds is 9. The topological polar surface area (TPSA) is 136 Å². The zero-order chi connectivity index (χ0) is 27.4. The van der Waals surface area contributed by atoms with E-state index in [1.165, 1.54) is 4.90 Å². The number of ether oxygens (including phenoxy) is 2. The van der Waals surface area contributed by atoms with E-state index in [2.05, 4.69) is 15.6 Å². The highest BCUT2D eigenvalue weighted by Gasteiger charge is 2.80. The molecule has 4 heterocycles. The van der Waals surface area contributed by atoms with Crippen LogP contribution in [-0.4, -0.2) is 79.3 Å². The Morgan fingerprint density at radius 2 is 2.05 bits per heavy atom. The van der Waals surface area contributed by atoms with Crippen LogP contribution in [-0.2, 0) is 30.5 Å². The molecule has 0 aliphatic carbocycles. The zero-order valence-corrected chi connectivity index (χ0v) is 22.6. The fraction of sp³-hybridized carbons (Fsp3) is 0.667. The van der Waals surface area contributed by atoms with Gasteiger partial charge >= 0.3 is 5.97 Å². The van der Waals surface area contributed by atoms with Crippen LogP contribution in [0.1, 0.15) is 47.5 Å². The van der Waals surface area contributed by atoms with Gasteiger partial charge in [-0.25, -0.2) is 4.68 Å². The van der Waals surface area contributed by atoms with Gasteiger partial charge in [0.15, 0.2) is 0 Å². The van der Waals surface area contributed by atoms with Crippen molar-refractivity contribution in [2.45, 2.75) is 77.4 Å². The standard InChI is InChI=1S/C27H37N5O6/c1-6-37-25(36)21-20-24(35)32(17(13-33)11-15(2)3)22(27(20)12-16(4)26(21,5)38-27)23(34)28-14-31-19-10-8-7-9-18(19)29-30-31/h7-10,15-17,20-22,33H,6,11-14H2,1-5H3,(H,28,34)/t16?,17-,20+,21-,22?,26+,27?/m1/s1. The Morgan fingerprint density at radius 3 is 2.74 bits per heavy atom. The Morgan fingerprint density at radius 1 is 1.32 bits per heavy atom. The second-order valence-electron chi connectivity index (χ2n) is 11.4. The summed E-state index contributed by atoms with van der Waals surface area (Å²) in [5, 5.41) is 21.6. The number of esters is 1. The third kappa shape index (κ3) is 3.81. The van der Waals surface area contributed by atoms with E-state index in [1.807, 2.05) is 52.0 Å². The van der Waals surface area contributed by atoms with Crippen molar-refractivity contribution in [3.63, 3.8) is 0 Å². The second kappa shape index (κ2) is 9.60. The number of likely N-dealkylation sites (tertiary alicyclic amines) is 1. The van der Waals surface area contributed by atoms with Gasteiger partial charge in [0.25, 0.3) is 0 Å². The molecule has 206 valence electrons. The number of carbonyl (C=O) groups is 3. The average Bonchev–Trinajstić information content (AvgIpc) is 3.54. The molecule has 1 aromatic carbocycles. The molecule has 1 spiro atoms. The van der Waals surface area contributed by atoms with E-state index in [0.717, 1.165) is 5.52 Å². The number of nitrogens with one attached hydrogen (secondary N) is 1. The summed E-state index contributed by atoms with van der Waals surface area (Å²) in [6.07, 6.45) is 0.940. The van der Waals surface area contributed by atoms with Crippen molar-refractivity contribution < 1.29 is 29.0 Å². The van der Waals surface area contributed by atoms with Crippen LogP contribution in [0.3, 0.4) is 0 Å². The summed E-state index contributed by atoms with van der Waals surface area (Å²) in [5.41, 5.74) is -0.682. The summed E-state index contributed by atoms with van der Waals surface area (Å²) >= 11 is 0. The summed E-state index contributed by atoms with van der Waals surface area (Å²) in [7, 11) is 0. The monoisotopic (exact) mass is 527 g/mol. The molecule has 2 amide bonds. The molecule has 3 unspecified atom stereocenters. The predicted molar refractivity (Wildman–Crippen MR) is 136 cm³/mol. The van der Waals surface area contributed by atoms with Crippen LogP contribution in [0.5, 0.6) is 0 Å². The van der Waals surface area contributed by atoms with Crippen LogP contribution in [0.4, 0.5) is 0 Å². The number of fused-ring (bicyclic) bond motifs is 2. The summed E-state index contributed by atoms with van der Waals surface area (Å²) in [6.45, 7) is 9.47. The molecular formula is C27H37N5O6. The maximum Gasteiger partial charge on any atom is 0.312 e. The molecule has 38 heavy (non-hydrogen) atoms. The Hall–Kier alpha value is -3.05. The first-order valence-corrected chi connectivity index (χ1v) is 13.4. The SMILES string of the molecule is CCOC(=O)[C@H]1[C@H]2C(=O)N([C@@H](CO)CC(C)C)C(C(=O)NCn3nnc4ccccc43)C23CC(C)[C@]1(C)O3. The van der Waals surface area contributed by atoms with E-state index in [4.69, 9.17) is 9.47 Å². The summed E-state index contributed by atoms with van der Waals surface area (Å²) in [5.74, 6) is -2.87. The number of nitrogens with zero attached hydrogens (tertiary/aromatic N) is 4. The first kappa shape index (κ1) is 26.6. The molecule has 2 N–H and O–H groups in total. The quantitative estimate of drug-likeness (QED) is 0.468. The van der Waals surface area contributed by atoms with Gasteiger partial charge in [-0.1, -0.05) is 38.1 Å². The van der Waals surface area contributed by atoms with Gasteiger partial charge in [-0.05, 0) is 50.7 Å². The van der Waals surface area contributed by atoms with E-state index < -0.39 is 47.0 Å². The molecule has 11 heteroatoms. The Kier molecular flexibility index (Phi) is 6.71. The molecule has 3 saturated heterocycles. The van der Waals surface area contributed by atoms with Crippen molar-refractivity contribution in [1.29, 1.82) is 0 Å². The number of hydrogen-bond acceptors (Lipinski definition) is 8. The van der Waals surface area contributed by atoms with E-state index in [-0.39, 0.29) is 37.6 Å². The molecule has 3 aliphatic heterocycles. The lowest BCUT2D eigenvalue weighted by Gasteiger charge is -2.37. The molecule has 0 saturated carbocycles. The smallest absolute Gasteiger partial charge is 0.312 e. The number of aromatic nitrogens is 3. The number of aliphatic hydroxyl groups is 1. The lowest BCUT2D eigenvalue weighted by molar-refractivity contribution is -0.162. The van der Waals surface area contributed by atoms with Crippen LogP contribution in [0.2, 0.25) is 0 Å². The van der Waals surface area contributed by atoms with Crippen molar-refractivity contribution in [3.8, 4) is 0 Å². The number of amides is 2. The third-order valence-corrected chi connectivity index (χ3v) is 8.71. The second-order valence-corrected chi connectivity index (χ2v) is 11.4. The van der Waals surface area contributed by atoms with Crippen molar-refractivity contribution in [2.75, 3.05) is 13.2 Å². The minimum absolute atomic E-state index is 0.0424. The van der Waals surface area contributed by atoms with Crippen LogP contribution in [0.25, 0.3) is 11.0 Å². The van der Waals surface area contributed by atoms with Gasteiger partial charge in [-0.2, -0.15) is 0 Å². The summed E-state index contributed by atoms with van der Waals surface area (Å²) in [6, 6.07) is 5.81. The molecule has 3 fully saturated rings. The lowest BCUT2D eigenvalue weighted by Crippen LogP contribution is -2.58. The van der Waals surface area contributed by atoms with Gasteiger partial charge in [0, 0.05) is 0 Å². The Bertz CT molecular complexity index is 1250. The third-order valence-electron chi connectivity index (χ3n) is 8.71. The summed E-state index contributed by atoms with van der Waals surface area (Å²) in [4.78, 5) is 42.9. The highest BCUT2D eigenvalue weighted by atomic mass is 16.6. The van der Waals surface area contributed by atoms with Gasteiger partial charge < -0.3 is 24.8 Å². The number of carbonyl (C=O) groups excluding carboxylic acids is 3. The Balaban J connectivity index is 1.53. The van der Waals surface area contributed by atoms with Crippen molar-refractivity contribution in [1.82, 2.24) is 25.2 Å². The highest BCUT2D eigenvalue weighted by molar-refractivity contribution is 5.98. The number of hydrogen-bond donors (Lipinski definition) is 2. The van der Waals surface area contributed by atoms with E-state index in [9.17, 15) is 19.5 Å². The molecule has 3 aliphatic rings. The highest BCUT2D eigenvalue weighted by Crippen LogP contribution is 2.65. The van der Waals surface area contributed by atoms with Crippen molar-refractivity contribution in [3.05, 3.63) is 24.3 Å². The number of benzene rings is 1. The largest absolute Gasteiger partial charge is 0.466 e. The molecule has 2 aromatic rings. The molecule has 2 bridgehead atoms. The van der Waals surface area contributed by atoms with Gasteiger partial charge in [-0.3, -0.25) is 14.4 Å². The normalized spacial score (nSPS) is 32.7. The van der Waals surface area contributed by atoms with Gasteiger partial charge in [0.05, 0.1) is 36.3 Å². The zero-order valence-electron chi connectivity index (χ0n) is 22.6. The number of para-hydroxylation sites is 1. The average molecular weight is 528 g/mol. The van der Waals surface area contributed by atoms with E-state index >= 15 is 0 Å². The number of aliphatic hydroxyl groups excluding tert-OH is 1. The first-order valence-electron chi connectivity index (χ1n) is 13.4. The molecule has 11 nitrogen and oxygen atoms in total. The minimum atomic E-state index is -1.21. The van der Waals surface area contributed by atoms with Crippen LogP contribution < -0.4 is 5.32 Å². The molecular weight excluding hydrogens is 490 g/mol. The van der Waals surface area contributed by atoms with Crippen LogP contribution >= 0.6 is 0 Å². The Labute approximate surface area is 221 Å². The van der Waals surface area contributed by atoms with Crippen LogP contribution in [0.15, 0.2) is 24.3 Å². The maximum atomic E-state index is 14.2. The fourth-order valence-electron chi connectivity index (χ4n) is 7.06. The molecule has 1 aromatic heterocycles. The molecule has 5 rings (SSSR count). The lowest BCUT2D eigenvalue weighted by atomic mass is 9.62. The molecule has 0 radical (unpaired) electrons. The maximum absolute atomic E-state index is 14.2. The van der Waals surface area contributed by atoms with Crippen LogP contribution in [0, 0.1) is 23.7 Å². The van der Waals surface area contributed by atoms with Gasteiger partial charge in [-0.15, -0.1) is 5.10 Å². The minimum Gasteiger partial charge on any atom is -0.466 e. The fourth-order valence-corrected chi connectivity index (χ4v) is 7.06. The van der Waals surface area contributed by atoms with E-state index in [1.54, 1.807) is 11.6 Å². The van der Waals surface area contributed by atoms with E-state index in [0.29, 0.717) is 18.4 Å². The van der Waals surface area contributed by atoms with Gasteiger partial charge in [0.1, 0.15) is 29.7 Å².